The maximum Gasteiger partial charge on any atom is 0.323 e. The van der Waals surface area contributed by atoms with Crippen LogP contribution in [-0.2, 0) is 6.54 Å². The van der Waals surface area contributed by atoms with Gasteiger partial charge in [0.05, 0.1) is 11.0 Å². The second-order valence-electron chi connectivity index (χ2n) is 5.35. The molecule has 0 aliphatic heterocycles. The first-order valence-corrected chi connectivity index (χ1v) is 7.45. The van der Waals surface area contributed by atoms with Crippen LogP contribution in [0.15, 0.2) is 59.9 Å². The number of hydrogen-bond donors (Lipinski definition) is 3. The number of benzene rings is 1. The smallest absolute Gasteiger partial charge is 0.323 e. The van der Waals surface area contributed by atoms with Crippen LogP contribution in [0.25, 0.3) is 22.2 Å². The largest absolute Gasteiger partial charge is 0.350 e. The zero-order valence-electron chi connectivity index (χ0n) is 12.7. The molecule has 7 nitrogen and oxygen atoms in total. The highest BCUT2D eigenvalue weighted by molar-refractivity contribution is 5.81. The third-order valence-corrected chi connectivity index (χ3v) is 3.67. The van der Waals surface area contributed by atoms with Gasteiger partial charge >= 0.3 is 5.69 Å². The number of imidazole rings is 1. The minimum atomic E-state index is -0.214. The number of pyridine rings is 1. The van der Waals surface area contributed by atoms with E-state index < -0.39 is 0 Å². The number of fused-ring (bicyclic) bond motifs is 1. The maximum absolute atomic E-state index is 11.3. The molecule has 3 heterocycles. The molecule has 0 atom stereocenters. The van der Waals surface area contributed by atoms with Gasteiger partial charge in [0.15, 0.2) is 0 Å². The standard InChI is InChI=1S/C17H14N6O/c24-17-22-14-4-3-12(6-15(14)23-17)13-9-20-16(21-10-13)19-8-11-2-1-5-18-7-11/h1-7,9-10H,8H2,(H,19,20,21)(H2,22,23,24). The summed E-state index contributed by atoms with van der Waals surface area (Å²) in [5.74, 6) is 0.554. The molecular formula is C17H14N6O. The van der Waals surface area contributed by atoms with Crippen LogP contribution < -0.4 is 11.0 Å². The Morgan fingerprint density at radius 1 is 0.958 bits per heavy atom. The van der Waals surface area contributed by atoms with Crippen LogP contribution in [0.3, 0.4) is 0 Å². The number of anilines is 1. The van der Waals surface area contributed by atoms with Gasteiger partial charge in [-0.05, 0) is 29.3 Å². The molecule has 0 aliphatic carbocycles. The molecule has 0 bridgehead atoms. The summed E-state index contributed by atoms with van der Waals surface area (Å²) in [5.41, 5.74) is 4.21. The Kier molecular flexibility index (Phi) is 3.51. The first kappa shape index (κ1) is 14.1. The first-order valence-electron chi connectivity index (χ1n) is 7.45. The van der Waals surface area contributed by atoms with Gasteiger partial charge in [-0.3, -0.25) is 4.98 Å². The van der Waals surface area contributed by atoms with Gasteiger partial charge in [0.25, 0.3) is 0 Å². The molecule has 0 amide bonds. The Labute approximate surface area is 136 Å². The minimum Gasteiger partial charge on any atom is -0.350 e. The van der Waals surface area contributed by atoms with Gasteiger partial charge in [-0.25, -0.2) is 14.8 Å². The molecule has 0 aliphatic rings. The normalized spacial score (nSPS) is 10.8. The third kappa shape index (κ3) is 2.87. The van der Waals surface area contributed by atoms with Crippen LogP contribution >= 0.6 is 0 Å². The van der Waals surface area contributed by atoms with Crippen LogP contribution in [0, 0.1) is 0 Å². The fourth-order valence-corrected chi connectivity index (χ4v) is 2.46. The van der Waals surface area contributed by atoms with E-state index in [2.05, 4.69) is 30.2 Å². The van der Waals surface area contributed by atoms with Gasteiger partial charge in [-0.1, -0.05) is 12.1 Å². The van der Waals surface area contributed by atoms with Gasteiger partial charge in [0.2, 0.25) is 5.95 Å². The number of rotatable bonds is 4. The monoisotopic (exact) mass is 318 g/mol. The molecule has 0 spiro atoms. The van der Waals surface area contributed by atoms with Crippen molar-refractivity contribution in [2.75, 3.05) is 5.32 Å². The molecule has 3 N–H and O–H groups in total. The predicted molar refractivity (Wildman–Crippen MR) is 91.5 cm³/mol. The van der Waals surface area contributed by atoms with Crippen LogP contribution in [0.2, 0.25) is 0 Å². The highest BCUT2D eigenvalue weighted by atomic mass is 16.1. The zero-order valence-corrected chi connectivity index (χ0v) is 12.7. The molecule has 0 radical (unpaired) electrons. The van der Waals surface area contributed by atoms with E-state index in [0.717, 1.165) is 27.7 Å². The summed E-state index contributed by atoms with van der Waals surface area (Å²) >= 11 is 0. The van der Waals surface area contributed by atoms with E-state index in [1.165, 1.54) is 0 Å². The summed E-state index contributed by atoms with van der Waals surface area (Å²) in [4.78, 5) is 29.5. The molecule has 3 aromatic heterocycles. The third-order valence-electron chi connectivity index (χ3n) is 3.67. The zero-order chi connectivity index (χ0) is 16.4. The SMILES string of the molecule is O=c1[nH]c2ccc(-c3cnc(NCc4cccnc4)nc3)cc2[nH]1. The van der Waals surface area contributed by atoms with Crippen molar-refractivity contribution in [3.63, 3.8) is 0 Å². The molecule has 1 aromatic carbocycles. The number of aromatic amines is 2. The van der Waals surface area contributed by atoms with E-state index in [9.17, 15) is 4.79 Å². The summed E-state index contributed by atoms with van der Waals surface area (Å²) in [7, 11) is 0. The molecule has 0 fully saturated rings. The molecule has 0 saturated heterocycles. The van der Waals surface area contributed by atoms with Crippen LogP contribution in [0.5, 0.6) is 0 Å². The van der Waals surface area contributed by atoms with E-state index in [4.69, 9.17) is 0 Å². The van der Waals surface area contributed by atoms with Gasteiger partial charge in [0, 0.05) is 36.9 Å². The summed E-state index contributed by atoms with van der Waals surface area (Å²) in [5, 5.41) is 3.16. The van der Waals surface area contributed by atoms with E-state index in [-0.39, 0.29) is 5.69 Å². The van der Waals surface area contributed by atoms with E-state index in [1.807, 2.05) is 30.3 Å². The number of H-pyrrole nitrogens is 2. The summed E-state index contributed by atoms with van der Waals surface area (Å²) < 4.78 is 0. The van der Waals surface area contributed by atoms with Gasteiger partial charge in [-0.2, -0.15) is 0 Å². The Hall–Kier alpha value is -3.48. The molecule has 4 rings (SSSR count). The average Bonchev–Trinajstić information content (AvgIpc) is 3.00. The maximum atomic E-state index is 11.3. The molecule has 118 valence electrons. The van der Waals surface area contributed by atoms with E-state index in [1.54, 1.807) is 24.8 Å². The second-order valence-corrected chi connectivity index (χ2v) is 5.35. The second kappa shape index (κ2) is 5.96. The van der Waals surface area contributed by atoms with Gasteiger partial charge < -0.3 is 15.3 Å². The van der Waals surface area contributed by atoms with Crippen molar-refractivity contribution in [1.29, 1.82) is 0 Å². The quantitative estimate of drug-likeness (QED) is 0.536. The van der Waals surface area contributed by atoms with E-state index >= 15 is 0 Å². The summed E-state index contributed by atoms with van der Waals surface area (Å²) in [6, 6.07) is 9.56. The fraction of sp³-hybridized carbons (Fsp3) is 0.0588. The van der Waals surface area contributed by atoms with Crippen LogP contribution in [0.4, 0.5) is 5.95 Å². The Bertz CT molecular complexity index is 1020. The van der Waals surface area contributed by atoms with E-state index in [0.29, 0.717) is 12.5 Å². The fourth-order valence-electron chi connectivity index (χ4n) is 2.46. The average molecular weight is 318 g/mol. The van der Waals surface area contributed by atoms with Crippen LogP contribution in [0.1, 0.15) is 5.56 Å². The van der Waals surface area contributed by atoms with Crippen LogP contribution in [-0.4, -0.2) is 24.9 Å². The van der Waals surface area contributed by atoms with Crippen molar-refractivity contribution in [1.82, 2.24) is 24.9 Å². The van der Waals surface area contributed by atoms with Gasteiger partial charge in [-0.15, -0.1) is 0 Å². The van der Waals surface area contributed by atoms with Crippen molar-refractivity contribution >= 4 is 17.0 Å². The highest BCUT2D eigenvalue weighted by Gasteiger charge is 2.04. The lowest BCUT2D eigenvalue weighted by atomic mass is 10.1. The lowest BCUT2D eigenvalue weighted by molar-refractivity contribution is 1.04. The number of nitrogens with one attached hydrogen (secondary N) is 3. The number of nitrogens with zero attached hydrogens (tertiary/aromatic N) is 3. The van der Waals surface area contributed by atoms with Crippen molar-refractivity contribution in [3.05, 3.63) is 71.2 Å². The lowest BCUT2D eigenvalue weighted by Crippen LogP contribution is -2.03. The van der Waals surface area contributed by atoms with Crippen molar-refractivity contribution in [2.24, 2.45) is 0 Å². The topological polar surface area (TPSA) is 99.3 Å². The molecular weight excluding hydrogens is 304 g/mol. The Morgan fingerprint density at radius 2 is 1.79 bits per heavy atom. The molecule has 4 aromatic rings. The molecule has 7 heteroatoms. The number of hydrogen-bond acceptors (Lipinski definition) is 5. The number of aromatic nitrogens is 5. The molecule has 0 saturated carbocycles. The summed E-state index contributed by atoms with van der Waals surface area (Å²) in [6.45, 7) is 0.615. The highest BCUT2D eigenvalue weighted by Crippen LogP contribution is 2.21. The first-order chi connectivity index (χ1) is 11.8. The molecule has 0 unspecified atom stereocenters. The van der Waals surface area contributed by atoms with Gasteiger partial charge in [0.1, 0.15) is 0 Å². The molecule has 24 heavy (non-hydrogen) atoms. The lowest BCUT2D eigenvalue weighted by Gasteiger charge is -2.06. The van der Waals surface area contributed by atoms with Crippen molar-refractivity contribution in [2.45, 2.75) is 6.54 Å². The Morgan fingerprint density at radius 3 is 2.58 bits per heavy atom. The Balaban J connectivity index is 1.53. The van der Waals surface area contributed by atoms with Crippen molar-refractivity contribution in [3.8, 4) is 11.1 Å². The minimum absolute atomic E-state index is 0.214. The predicted octanol–water partition coefficient (Wildman–Crippen LogP) is 2.32. The summed E-state index contributed by atoms with van der Waals surface area (Å²) in [6.07, 6.45) is 7.05. The van der Waals surface area contributed by atoms with Crippen molar-refractivity contribution < 1.29 is 0 Å².